The summed E-state index contributed by atoms with van der Waals surface area (Å²) >= 11 is 5.62. The molecule has 0 aromatic heterocycles. The molecular formula is C16H23ClO2. The molecule has 0 aliphatic heterocycles. The largest absolute Gasteiger partial charge is 0.494 e. The van der Waals surface area contributed by atoms with Crippen molar-refractivity contribution in [1.29, 1.82) is 0 Å². The highest BCUT2D eigenvalue weighted by atomic mass is 35.5. The van der Waals surface area contributed by atoms with E-state index in [0.29, 0.717) is 6.42 Å². The van der Waals surface area contributed by atoms with Gasteiger partial charge in [0.1, 0.15) is 11.5 Å². The number of ketones is 1. The molecule has 0 atom stereocenters. The number of hydrogen-bond donors (Lipinski definition) is 0. The number of aryl methyl sites for hydroxylation is 1. The molecular weight excluding hydrogens is 260 g/mol. The van der Waals surface area contributed by atoms with Gasteiger partial charge in [0.15, 0.2) is 0 Å². The van der Waals surface area contributed by atoms with Gasteiger partial charge in [-0.05, 0) is 43.9 Å². The summed E-state index contributed by atoms with van der Waals surface area (Å²) in [7, 11) is 0. The fourth-order valence-electron chi connectivity index (χ4n) is 1.81. The van der Waals surface area contributed by atoms with E-state index >= 15 is 0 Å². The molecule has 0 radical (unpaired) electrons. The van der Waals surface area contributed by atoms with Crippen LogP contribution >= 0.6 is 11.6 Å². The standard InChI is InChI=1S/C16H23ClO2/c1-14(18)6-7-15-8-10-16(11-9-15)19-13-5-3-2-4-12-17/h8-11H,2-7,12-13H2,1H3. The topological polar surface area (TPSA) is 26.3 Å². The molecule has 1 aromatic carbocycles. The molecule has 106 valence electrons. The number of Topliss-reactive ketones (excluding diaryl/α,β-unsaturated/α-hetero) is 1. The molecule has 2 nitrogen and oxygen atoms in total. The minimum atomic E-state index is 0.234. The van der Waals surface area contributed by atoms with E-state index in [1.165, 1.54) is 18.4 Å². The summed E-state index contributed by atoms with van der Waals surface area (Å²) in [6.45, 7) is 2.39. The zero-order valence-electron chi connectivity index (χ0n) is 11.7. The zero-order valence-corrected chi connectivity index (χ0v) is 12.4. The number of ether oxygens (including phenoxy) is 1. The third kappa shape index (κ3) is 7.89. The molecule has 0 bridgehead atoms. The van der Waals surface area contributed by atoms with Gasteiger partial charge in [0.25, 0.3) is 0 Å². The highest BCUT2D eigenvalue weighted by Crippen LogP contribution is 2.14. The normalized spacial score (nSPS) is 10.4. The Kier molecular flexibility index (Phi) is 8.31. The third-order valence-electron chi connectivity index (χ3n) is 2.99. The Balaban J connectivity index is 2.19. The molecule has 0 aliphatic carbocycles. The Morgan fingerprint density at radius 1 is 1.11 bits per heavy atom. The average molecular weight is 283 g/mol. The van der Waals surface area contributed by atoms with Crippen molar-refractivity contribution < 1.29 is 9.53 Å². The lowest BCUT2D eigenvalue weighted by atomic mass is 10.1. The first-order valence-electron chi connectivity index (χ1n) is 6.99. The van der Waals surface area contributed by atoms with Crippen LogP contribution in [0.25, 0.3) is 0 Å². The van der Waals surface area contributed by atoms with E-state index in [1.54, 1.807) is 6.92 Å². The lowest BCUT2D eigenvalue weighted by Gasteiger charge is -2.07. The summed E-state index contributed by atoms with van der Waals surface area (Å²) in [6, 6.07) is 8.03. The van der Waals surface area contributed by atoms with Gasteiger partial charge in [-0.25, -0.2) is 0 Å². The molecule has 0 unspecified atom stereocenters. The van der Waals surface area contributed by atoms with E-state index in [9.17, 15) is 4.79 Å². The van der Waals surface area contributed by atoms with Crippen molar-refractivity contribution in [2.75, 3.05) is 12.5 Å². The van der Waals surface area contributed by atoms with Gasteiger partial charge in [-0.15, -0.1) is 11.6 Å². The van der Waals surface area contributed by atoms with Crippen molar-refractivity contribution in [3.63, 3.8) is 0 Å². The summed E-state index contributed by atoms with van der Waals surface area (Å²) < 4.78 is 5.67. The van der Waals surface area contributed by atoms with Crippen LogP contribution in [0.4, 0.5) is 0 Å². The number of hydrogen-bond acceptors (Lipinski definition) is 2. The minimum absolute atomic E-state index is 0.234. The molecule has 19 heavy (non-hydrogen) atoms. The predicted octanol–water partition coefficient (Wildman–Crippen LogP) is 4.39. The monoisotopic (exact) mass is 282 g/mol. The van der Waals surface area contributed by atoms with Crippen molar-refractivity contribution in [3.05, 3.63) is 29.8 Å². The van der Waals surface area contributed by atoms with Gasteiger partial charge in [0, 0.05) is 12.3 Å². The molecule has 0 amide bonds. The lowest BCUT2D eigenvalue weighted by Crippen LogP contribution is -1.98. The van der Waals surface area contributed by atoms with Gasteiger partial charge in [0.2, 0.25) is 0 Å². The number of alkyl halides is 1. The van der Waals surface area contributed by atoms with Gasteiger partial charge in [-0.3, -0.25) is 0 Å². The quantitative estimate of drug-likeness (QED) is 0.470. The highest BCUT2D eigenvalue weighted by molar-refractivity contribution is 6.17. The zero-order chi connectivity index (χ0) is 13.9. The van der Waals surface area contributed by atoms with Gasteiger partial charge in [-0.2, -0.15) is 0 Å². The molecule has 1 rings (SSSR count). The summed E-state index contributed by atoms with van der Waals surface area (Å²) in [5.41, 5.74) is 1.18. The Morgan fingerprint density at radius 3 is 2.42 bits per heavy atom. The number of benzene rings is 1. The van der Waals surface area contributed by atoms with Crippen LogP contribution in [0.3, 0.4) is 0 Å². The first-order valence-corrected chi connectivity index (χ1v) is 7.53. The van der Waals surface area contributed by atoms with Crippen LogP contribution in [0.1, 0.15) is 44.6 Å². The molecule has 0 saturated heterocycles. The van der Waals surface area contributed by atoms with Crippen LogP contribution in [-0.4, -0.2) is 18.3 Å². The summed E-state index contributed by atoms with van der Waals surface area (Å²) in [5.74, 6) is 1.89. The molecule has 0 heterocycles. The Bertz CT molecular complexity index is 360. The van der Waals surface area contributed by atoms with Crippen LogP contribution in [0.5, 0.6) is 5.75 Å². The van der Waals surface area contributed by atoms with E-state index in [2.05, 4.69) is 0 Å². The maximum Gasteiger partial charge on any atom is 0.130 e. The average Bonchev–Trinajstić information content (AvgIpc) is 2.41. The predicted molar refractivity (Wildman–Crippen MR) is 80.1 cm³/mol. The number of carbonyl (C=O) groups excluding carboxylic acids is 1. The second kappa shape index (κ2) is 9.85. The van der Waals surface area contributed by atoms with E-state index < -0.39 is 0 Å². The number of carbonyl (C=O) groups is 1. The Morgan fingerprint density at radius 2 is 1.79 bits per heavy atom. The van der Waals surface area contributed by atoms with Crippen molar-refractivity contribution in [1.82, 2.24) is 0 Å². The van der Waals surface area contributed by atoms with Crippen LogP contribution in [0, 0.1) is 0 Å². The summed E-state index contributed by atoms with van der Waals surface area (Å²) in [5, 5.41) is 0. The molecule has 0 aliphatic rings. The number of unbranched alkanes of at least 4 members (excludes halogenated alkanes) is 3. The van der Waals surface area contributed by atoms with Gasteiger partial charge in [-0.1, -0.05) is 25.0 Å². The van der Waals surface area contributed by atoms with Gasteiger partial charge in [0.05, 0.1) is 6.61 Å². The molecule has 0 saturated carbocycles. The van der Waals surface area contributed by atoms with E-state index in [-0.39, 0.29) is 5.78 Å². The second-order valence-corrected chi connectivity index (χ2v) is 5.18. The van der Waals surface area contributed by atoms with E-state index in [4.69, 9.17) is 16.3 Å². The molecule has 0 N–H and O–H groups in total. The third-order valence-corrected chi connectivity index (χ3v) is 3.25. The van der Waals surface area contributed by atoms with Crippen LogP contribution in [0.2, 0.25) is 0 Å². The molecule has 0 fully saturated rings. The van der Waals surface area contributed by atoms with Crippen LogP contribution in [-0.2, 0) is 11.2 Å². The smallest absolute Gasteiger partial charge is 0.130 e. The van der Waals surface area contributed by atoms with Crippen LogP contribution < -0.4 is 4.74 Å². The maximum absolute atomic E-state index is 10.9. The molecule has 1 aromatic rings. The van der Waals surface area contributed by atoms with Crippen LogP contribution in [0.15, 0.2) is 24.3 Å². The van der Waals surface area contributed by atoms with Crippen molar-refractivity contribution in [2.24, 2.45) is 0 Å². The van der Waals surface area contributed by atoms with Gasteiger partial charge < -0.3 is 9.53 Å². The second-order valence-electron chi connectivity index (χ2n) is 4.80. The van der Waals surface area contributed by atoms with E-state index in [1.807, 2.05) is 24.3 Å². The van der Waals surface area contributed by atoms with Gasteiger partial charge >= 0.3 is 0 Å². The first kappa shape index (κ1) is 16.0. The Hall–Kier alpha value is -1.02. The molecule has 3 heteroatoms. The SMILES string of the molecule is CC(=O)CCc1ccc(OCCCCCCCl)cc1. The molecule has 0 spiro atoms. The maximum atomic E-state index is 10.9. The van der Waals surface area contributed by atoms with Crippen molar-refractivity contribution >= 4 is 17.4 Å². The fourth-order valence-corrected chi connectivity index (χ4v) is 2.00. The van der Waals surface area contributed by atoms with Crippen molar-refractivity contribution in [3.8, 4) is 5.75 Å². The fraction of sp³-hybridized carbons (Fsp3) is 0.562. The highest BCUT2D eigenvalue weighted by Gasteiger charge is 1.98. The minimum Gasteiger partial charge on any atom is -0.494 e. The van der Waals surface area contributed by atoms with E-state index in [0.717, 1.165) is 37.5 Å². The number of rotatable bonds is 10. The Labute approximate surface area is 121 Å². The summed E-state index contributed by atoms with van der Waals surface area (Å²) in [6.07, 6.45) is 5.93. The van der Waals surface area contributed by atoms with Crippen molar-refractivity contribution in [2.45, 2.75) is 45.4 Å². The first-order chi connectivity index (χ1) is 9.22. The lowest BCUT2D eigenvalue weighted by molar-refractivity contribution is -0.116. The number of halogens is 1. The summed E-state index contributed by atoms with van der Waals surface area (Å²) in [4.78, 5) is 10.9.